The lowest BCUT2D eigenvalue weighted by atomic mass is 9.79. The smallest absolute Gasteiger partial charge is 0.271 e. The number of aromatic nitrogens is 2. The Morgan fingerprint density at radius 2 is 1.92 bits per heavy atom. The Hall–Kier alpha value is -2.74. The molecular formula is C17H19FN4O3. The summed E-state index contributed by atoms with van der Waals surface area (Å²) in [7, 11) is 0. The normalized spacial score (nSPS) is 16.4. The molecule has 0 unspecified atom stereocenters. The van der Waals surface area contributed by atoms with Gasteiger partial charge in [-0.25, -0.2) is 9.07 Å². The van der Waals surface area contributed by atoms with Crippen molar-refractivity contribution in [1.29, 1.82) is 0 Å². The summed E-state index contributed by atoms with van der Waals surface area (Å²) in [4.78, 5) is 24.1. The number of carbonyl (C=O) groups excluding carboxylic acids is 2. The fraction of sp³-hybridized carbons (Fsp3) is 0.353. The van der Waals surface area contributed by atoms with Gasteiger partial charge in [0.05, 0.1) is 11.1 Å². The molecule has 0 bridgehead atoms. The average Bonchev–Trinajstić information content (AvgIpc) is 3.11. The molecule has 0 spiro atoms. The second-order valence-corrected chi connectivity index (χ2v) is 6.06. The molecule has 7 nitrogen and oxygen atoms in total. The van der Waals surface area contributed by atoms with Crippen LogP contribution < -0.4 is 11.1 Å². The minimum atomic E-state index is -0.784. The fourth-order valence-corrected chi connectivity index (χ4v) is 2.80. The van der Waals surface area contributed by atoms with Gasteiger partial charge in [-0.15, -0.1) is 0 Å². The maximum atomic E-state index is 13.0. The second-order valence-electron chi connectivity index (χ2n) is 6.06. The molecule has 1 fully saturated rings. The minimum absolute atomic E-state index is 0.147. The van der Waals surface area contributed by atoms with Crippen LogP contribution in [0.1, 0.15) is 23.3 Å². The number of primary amides is 1. The van der Waals surface area contributed by atoms with Crippen LogP contribution in [0.3, 0.4) is 0 Å². The SMILES string of the molecule is NC(=O)C1(CNC(=O)c2ccn(-c3ccc(F)cc3)n2)CCOCC1. The minimum Gasteiger partial charge on any atom is -0.381 e. The van der Waals surface area contributed by atoms with E-state index >= 15 is 0 Å². The van der Waals surface area contributed by atoms with Crippen LogP contribution in [0.25, 0.3) is 5.69 Å². The van der Waals surface area contributed by atoms with Crippen molar-refractivity contribution in [3.8, 4) is 5.69 Å². The van der Waals surface area contributed by atoms with E-state index in [0.29, 0.717) is 31.7 Å². The molecule has 1 aliphatic heterocycles. The number of nitrogens with one attached hydrogen (secondary N) is 1. The van der Waals surface area contributed by atoms with Crippen LogP contribution in [0, 0.1) is 11.2 Å². The quantitative estimate of drug-likeness (QED) is 0.844. The molecule has 2 amide bonds. The Morgan fingerprint density at radius 3 is 2.56 bits per heavy atom. The zero-order chi connectivity index (χ0) is 17.9. The number of nitrogens with two attached hydrogens (primary N) is 1. The molecule has 0 saturated carbocycles. The van der Waals surface area contributed by atoms with E-state index in [1.54, 1.807) is 24.4 Å². The maximum Gasteiger partial charge on any atom is 0.271 e. The monoisotopic (exact) mass is 346 g/mol. The average molecular weight is 346 g/mol. The van der Waals surface area contributed by atoms with Gasteiger partial charge >= 0.3 is 0 Å². The van der Waals surface area contributed by atoms with Crippen molar-refractivity contribution in [2.45, 2.75) is 12.8 Å². The number of amides is 2. The lowest BCUT2D eigenvalue weighted by Crippen LogP contribution is -2.49. The molecule has 8 heteroatoms. The first-order valence-electron chi connectivity index (χ1n) is 7.98. The van der Waals surface area contributed by atoms with E-state index in [1.165, 1.54) is 16.8 Å². The van der Waals surface area contributed by atoms with Crippen LogP contribution >= 0.6 is 0 Å². The molecule has 1 saturated heterocycles. The van der Waals surface area contributed by atoms with E-state index < -0.39 is 17.2 Å². The van der Waals surface area contributed by atoms with Gasteiger partial charge in [-0.2, -0.15) is 5.10 Å². The molecular weight excluding hydrogens is 327 g/mol. The van der Waals surface area contributed by atoms with Gasteiger partial charge < -0.3 is 15.8 Å². The van der Waals surface area contributed by atoms with Crippen molar-refractivity contribution in [2.24, 2.45) is 11.1 Å². The van der Waals surface area contributed by atoms with Crippen molar-refractivity contribution in [3.05, 3.63) is 48.0 Å². The number of hydrogen-bond acceptors (Lipinski definition) is 4. The van der Waals surface area contributed by atoms with Gasteiger partial charge in [0.15, 0.2) is 5.69 Å². The van der Waals surface area contributed by atoms with E-state index in [9.17, 15) is 14.0 Å². The van der Waals surface area contributed by atoms with Gasteiger partial charge in [0, 0.05) is 26.0 Å². The van der Waals surface area contributed by atoms with E-state index in [0.717, 1.165) is 0 Å². The summed E-state index contributed by atoms with van der Waals surface area (Å²) in [5, 5.41) is 6.92. The largest absolute Gasteiger partial charge is 0.381 e. The Morgan fingerprint density at radius 1 is 1.24 bits per heavy atom. The highest BCUT2D eigenvalue weighted by Crippen LogP contribution is 2.29. The van der Waals surface area contributed by atoms with E-state index in [-0.39, 0.29) is 18.1 Å². The van der Waals surface area contributed by atoms with Crippen LogP contribution in [0.5, 0.6) is 0 Å². The number of nitrogens with zero attached hydrogens (tertiary/aromatic N) is 2. The van der Waals surface area contributed by atoms with Crippen molar-refractivity contribution < 1.29 is 18.7 Å². The van der Waals surface area contributed by atoms with E-state index in [4.69, 9.17) is 10.5 Å². The van der Waals surface area contributed by atoms with Crippen molar-refractivity contribution >= 4 is 11.8 Å². The number of carbonyl (C=O) groups is 2. The topological polar surface area (TPSA) is 99.2 Å². The molecule has 0 atom stereocenters. The Labute approximate surface area is 144 Å². The molecule has 1 aromatic heterocycles. The number of ether oxygens (including phenoxy) is 1. The molecule has 25 heavy (non-hydrogen) atoms. The van der Waals surface area contributed by atoms with Crippen molar-refractivity contribution in [1.82, 2.24) is 15.1 Å². The third-order valence-corrected chi connectivity index (χ3v) is 4.47. The van der Waals surface area contributed by atoms with Crippen molar-refractivity contribution in [2.75, 3.05) is 19.8 Å². The Bertz CT molecular complexity index is 766. The van der Waals surface area contributed by atoms with Gasteiger partial charge in [0.25, 0.3) is 5.91 Å². The number of rotatable bonds is 5. The van der Waals surface area contributed by atoms with E-state index in [2.05, 4.69) is 10.4 Å². The summed E-state index contributed by atoms with van der Waals surface area (Å²) in [5.41, 5.74) is 5.58. The highest BCUT2D eigenvalue weighted by Gasteiger charge is 2.38. The van der Waals surface area contributed by atoms with E-state index in [1.807, 2.05) is 0 Å². The molecule has 0 radical (unpaired) electrons. The van der Waals surface area contributed by atoms with Crippen LogP contribution in [-0.2, 0) is 9.53 Å². The van der Waals surface area contributed by atoms with Crippen LogP contribution in [-0.4, -0.2) is 41.4 Å². The zero-order valence-corrected chi connectivity index (χ0v) is 13.6. The van der Waals surface area contributed by atoms with Gasteiger partial charge in [0.1, 0.15) is 5.82 Å². The molecule has 2 heterocycles. The maximum absolute atomic E-state index is 13.0. The molecule has 1 aromatic carbocycles. The number of hydrogen-bond donors (Lipinski definition) is 2. The van der Waals surface area contributed by atoms with Gasteiger partial charge in [-0.05, 0) is 43.2 Å². The molecule has 2 aromatic rings. The first-order chi connectivity index (χ1) is 12.0. The summed E-state index contributed by atoms with van der Waals surface area (Å²) < 4.78 is 19.7. The van der Waals surface area contributed by atoms with Crippen molar-refractivity contribution in [3.63, 3.8) is 0 Å². The predicted molar refractivity (Wildman–Crippen MR) is 87.5 cm³/mol. The fourth-order valence-electron chi connectivity index (χ4n) is 2.80. The second kappa shape index (κ2) is 7.02. The summed E-state index contributed by atoms with van der Waals surface area (Å²) in [6.45, 7) is 1.03. The first-order valence-corrected chi connectivity index (χ1v) is 7.98. The Kier molecular flexibility index (Phi) is 4.80. The Balaban J connectivity index is 1.67. The summed E-state index contributed by atoms with van der Waals surface area (Å²) in [6.07, 6.45) is 2.57. The van der Waals surface area contributed by atoms with Crippen LogP contribution in [0.2, 0.25) is 0 Å². The summed E-state index contributed by atoms with van der Waals surface area (Å²) in [6, 6.07) is 7.32. The molecule has 0 aliphatic carbocycles. The highest BCUT2D eigenvalue weighted by molar-refractivity contribution is 5.92. The molecule has 132 valence electrons. The van der Waals surface area contributed by atoms with Gasteiger partial charge in [-0.3, -0.25) is 9.59 Å². The summed E-state index contributed by atoms with van der Waals surface area (Å²) in [5.74, 6) is -1.18. The van der Waals surface area contributed by atoms with Gasteiger partial charge in [0.2, 0.25) is 5.91 Å². The zero-order valence-electron chi connectivity index (χ0n) is 13.6. The number of halogens is 1. The van der Waals surface area contributed by atoms with Gasteiger partial charge in [-0.1, -0.05) is 0 Å². The van der Waals surface area contributed by atoms with Crippen LogP contribution in [0.15, 0.2) is 36.5 Å². The van der Waals surface area contributed by atoms with Crippen LogP contribution in [0.4, 0.5) is 4.39 Å². The molecule has 3 rings (SSSR count). The lowest BCUT2D eigenvalue weighted by molar-refractivity contribution is -0.132. The lowest BCUT2D eigenvalue weighted by Gasteiger charge is -2.34. The highest BCUT2D eigenvalue weighted by atomic mass is 19.1. The number of benzene rings is 1. The standard InChI is InChI=1S/C17H19FN4O3/c18-12-1-3-13(4-2-12)22-8-5-14(21-22)15(23)20-11-17(16(19)24)6-9-25-10-7-17/h1-5,8H,6-7,9-11H2,(H2,19,24)(H,20,23). The molecule has 1 aliphatic rings. The molecule has 3 N–H and O–H groups in total. The predicted octanol–water partition coefficient (Wildman–Crippen LogP) is 1.02. The third-order valence-electron chi connectivity index (χ3n) is 4.47. The third kappa shape index (κ3) is 3.69. The summed E-state index contributed by atoms with van der Waals surface area (Å²) >= 11 is 0. The first kappa shape index (κ1) is 17.1.